The van der Waals surface area contributed by atoms with Gasteiger partial charge < -0.3 is 4.74 Å². The zero-order valence-corrected chi connectivity index (χ0v) is 18.3. The molecule has 3 heteroatoms. The fraction of sp³-hybridized carbons (Fsp3) is 1.00. The molecule has 0 aliphatic heterocycles. The van der Waals surface area contributed by atoms with E-state index in [0.717, 1.165) is 32.7 Å². The Hall–Kier alpha value is -0.120. The van der Waals surface area contributed by atoms with Gasteiger partial charge in [-0.15, -0.1) is 0 Å². The lowest BCUT2D eigenvalue weighted by molar-refractivity contribution is 0.143. The number of hydrogen-bond acceptors (Lipinski definition) is 3. The summed E-state index contributed by atoms with van der Waals surface area (Å²) >= 11 is 0. The van der Waals surface area contributed by atoms with Gasteiger partial charge in [0.05, 0.1) is 0 Å². The number of unbranched alkanes of at least 4 members (excludes halogenated alkanes) is 15. The topological polar surface area (TPSA) is 38.5 Å². The average molecular weight is 371 g/mol. The molecule has 0 unspecified atom stereocenters. The first-order chi connectivity index (χ1) is 12.8. The maximum atomic E-state index is 5.89. The Balaban J connectivity index is 3.01. The lowest BCUT2D eigenvalue weighted by Gasteiger charge is -2.14. The fourth-order valence-corrected chi connectivity index (χ4v) is 3.54. The van der Waals surface area contributed by atoms with E-state index in [2.05, 4.69) is 13.8 Å². The molecule has 0 heterocycles. The van der Waals surface area contributed by atoms with Gasteiger partial charge in [-0.1, -0.05) is 96.8 Å². The molecule has 2 N–H and O–H groups in total. The number of nitrogens with two attached hydrogens (primary N) is 1. The molecule has 0 aromatic carbocycles. The Kier molecular flexibility index (Phi) is 22.8. The minimum Gasteiger partial charge on any atom is -0.382 e. The van der Waals surface area contributed by atoms with Crippen LogP contribution in [0.2, 0.25) is 0 Å². The largest absolute Gasteiger partial charge is 0.382 e. The van der Waals surface area contributed by atoms with Gasteiger partial charge >= 0.3 is 0 Å². The minimum atomic E-state index is 0.868. The highest BCUT2D eigenvalue weighted by Gasteiger charge is 1.97. The van der Waals surface area contributed by atoms with Crippen molar-refractivity contribution in [2.75, 3.05) is 26.3 Å². The molecule has 0 bridgehead atoms. The van der Waals surface area contributed by atoms with Gasteiger partial charge in [0.2, 0.25) is 0 Å². The summed E-state index contributed by atoms with van der Waals surface area (Å²) in [5.41, 5.74) is 0. The highest BCUT2D eigenvalue weighted by molar-refractivity contribution is 4.52. The number of nitrogens with zero attached hydrogens (tertiary/aromatic N) is 1. The molecule has 0 amide bonds. The predicted molar refractivity (Wildman–Crippen MR) is 116 cm³/mol. The molecule has 0 rings (SSSR count). The van der Waals surface area contributed by atoms with E-state index in [0.29, 0.717) is 0 Å². The Morgan fingerprint density at radius 2 is 0.923 bits per heavy atom. The number of ether oxygens (including phenoxy) is 1. The predicted octanol–water partition coefficient (Wildman–Crippen LogP) is 6.85. The summed E-state index contributed by atoms with van der Waals surface area (Å²) in [6, 6.07) is 0. The van der Waals surface area contributed by atoms with Crippen LogP contribution >= 0.6 is 0 Å². The van der Waals surface area contributed by atoms with Crippen molar-refractivity contribution in [1.82, 2.24) is 5.01 Å². The van der Waals surface area contributed by atoms with E-state index in [4.69, 9.17) is 10.6 Å². The van der Waals surface area contributed by atoms with Crippen LogP contribution < -0.4 is 5.84 Å². The molecule has 26 heavy (non-hydrogen) atoms. The molecule has 0 atom stereocenters. The van der Waals surface area contributed by atoms with Gasteiger partial charge in [-0.05, 0) is 26.2 Å². The van der Waals surface area contributed by atoms with Crippen LogP contribution in [-0.4, -0.2) is 31.3 Å². The number of rotatable bonds is 22. The summed E-state index contributed by atoms with van der Waals surface area (Å²) in [4.78, 5) is 0. The van der Waals surface area contributed by atoms with E-state index in [9.17, 15) is 0 Å². The normalized spacial score (nSPS) is 11.5. The summed E-state index contributed by atoms with van der Waals surface area (Å²) in [5.74, 6) is 5.89. The van der Waals surface area contributed by atoms with Gasteiger partial charge in [0, 0.05) is 26.3 Å². The van der Waals surface area contributed by atoms with E-state index >= 15 is 0 Å². The lowest BCUT2D eigenvalue weighted by Crippen LogP contribution is -2.32. The van der Waals surface area contributed by atoms with Crippen molar-refractivity contribution in [3.05, 3.63) is 0 Å². The van der Waals surface area contributed by atoms with Crippen molar-refractivity contribution in [2.24, 2.45) is 5.84 Å². The summed E-state index contributed by atoms with van der Waals surface area (Å²) < 4.78 is 5.37. The Morgan fingerprint density at radius 3 is 1.31 bits per heavy atom. The first-order valence-corrected chi connectivity index (χ1v) is 11.9. The molecule has 0 aromatic heterocycles. The lowest BCUT2D eigenvalue weighted by atomic mass is 10.0. The van der Waals surface area contributed by atoms with Crippen LogP contribution in [0.1, 0.15) is 123 Å². The molecular formula is C23H50N2O. The van der Waals surface area contributed by atoms with Crippen LogP contribution in [-0.2, 0) is 4.74 Å². The van der Waals surface area contributed by atoms with Crippen LogP contribution in [0.15, 0.2) is 0 Å². The maximum Gasteiger partial charge on any atom is 0.0465 e. The van der Waals surface area contributed by atoms with E-state index in [1.807, 2.05) is 5.01 Å². The van der Waals surface area contributed by atoms with Crippen molar-refractivity contribution in [3.8, 4) is 0 Å². The Morgan fingerprint density at radius 1 is 0.538 bits per heavy atom. The van der Waals surface area contributed by atoms with Gasteiger partial charge in [-0.25, -0.2) is 5.01 Å². The summed E-state index contributed by atoms with van der Waals surface area (Å²) in [5, 5.41) is 1.97. The van der Waals surface area contributed by atoms with E-state index in [1.165, 1.54) is 103 Å². The van der Waals surface area contributed by atoms with E-state index in [1.54, 1.807) is 0 Å². The molecule has 0 saturated carbocycles. The highest BCUT2D eigenvalue weighted by atomic mass is 16.5. The van der Waals surface area contributed by atoms with Crippen LogP contribution in [0, 0.1) is 0 Å². The third kappa shape index (κ3) is 21.9. The molecule has 3 nitrogen and oxygen atoms in total. The van der Waals surface area contributed by atoms with Crippen LogP contribution in [0.3, 0.4) is 0 Å². The second-order valence-electron chi connectivity index (χ2n) is 7.89. The quantitative estimate of drug-likeness (QED) is 0.129. The molecule has 158 valence electrons. The third-order valence-corrected chi connectivity index (χ3v) is 5.20. The molecule has 0 aromatic rings. The van der Waals surface area contributed by atoms with Crippen molar-refractivity contribution in [3.63, 3.8) is 0 Å². The smallest absolute Gasteiger partial charge is 0.0465 e. The standard InChI is InChI=1S/C23H50N2O/c1-3-21-25(24)22-19-17-15-13-11-9-7-5-6-8-10-12-14-16-18-20-23-26-4-2/h3-24H2,1-2H3. The minimum absolute atomic E-state index is 0.868. The second-order valence-corrected chi connectivity index (χ2v) is 7.89. The molecule has 0 spiro atoms. The summed E-state index contributed by atoms with van der Waals surface area (Å²) in [6.45, 7) is 8.20. The van der Waals surface area contributed by atoms with Crippen LogP contribution in [0.4, 0.5) is 0 Å². The first kappa shape index (κ1) is 25.9. The average Bonchev–Trinajstić information content (AvgIpc) is 2.64. The van der Waals surface area contributed by atoms with Crippen LogP contribution in [0.25, 0.3) is 0 Å². The second kappa shape index (κ2) is 22.9. The van der Waals surface area contributed by atoms with Gasteiger partial charge in [0.25, 0.3) is 0 Å². The SMILES string of the molecule is CCCN(N)CCCCCCCCCCCCCCCCCCOCC. The monoisotopic (exact) mass is 370 g/mol. The number of hydrogen-bond donors (Lipinski definition) is 1. The molecular weight excluding hydrogens is 320 g/mol. The van der Waals surface area contributed by atoms with Crippen molar-refractivity contribution in [2.45, 2.75) is 123 Å². The molecule has 0 aliphatic carbocycles. The summed E-state index contributed by atoms with van der Waals surface area (Å²) in [6.07, 6.45) is 23.6. The molecule has 0 aliphatic rings. The zero-order valence-electron chi connectivity index (χ0n) is 18.3. The van der Waals surface area contributed by atoms with Crippen molar-refractivity contribution in [1.29, 1.82) is 0 Å². The maximum absolute atomic E-state index is 5.89. The van der Waals surface area contributed by atoms with E-state index < -0.39 is 0 Å². The Labute approximate surface area is 165 Å². The molecule has 0 fully saturated rings. The first-order valence-electron chi connectivity index (χ1n) is 11.9. The van der Waals surface area contributed by atoms with Gasteiger partial charge in [-0.3, -0.25) is 5.84 Å². The van der Waals surface area contributed by atoms with Crippen LogP contribution in [0.5, 0.6) is 0 Å². The van der Waals surface area contributed by atoms with Crippen molar-refractivity contribution >= 4 is 0 Å². The van der Waals surface area contributed by atoms with Gasteiger partial charge in [0.15, 0.2) is 0 Å². The van der Waals surface area contributed by atoms with E-state index in [-0.39, 0.29) is 0 Å². The molecule has 0 saturated heterocycles. The number of hydrazine groups is 1. The Bertz CT molecular complexity index is 248. The third-order valence-electron chi connectivity index (χ3n) is 5.20. The summed E-state index contributed by atoms with van der Waals surface area (Å²) in [7, 11) is 0. The highest BCUT2D eigenvalue weighted by Crippen LogP contribution is 2.13. The van der Waals surface area contributed by atoms with Gasteiger partial charge in [-0.2, -0.15) is 0 Å². The molecule has 0 radical (unpaired) electrons. The fourth-order valence-electron chi connectivity index (χ4n) is 3.54. The van der Waals surface area contributed by atoms with Gasteiger partial charge in [0.1, 0.15) is 0 Å². The zero-order chi connectivity index (χ0) is 19.1. The van der Waals surface area contributed by atoms with Crippen molar-refractivity contribution < 1.29 is 4.74 Å².